The van der Waals surface area contributed by atoms with Crippen molar-refractivity contribution in [2.75, 3.05) is 19.1 Å². The molecule has 6 nitrogen and oxygen atoms in total. The summed E-state index contributed by atoms with van der Waals surface area (Å²) in [4.78, 5) is 16.4. The lowest BCUT2D eigenvalue weighted by atomic mass is 10.2. The number of hydrogen-bond donors (Lipinski definition) is 1. The smallest absolute Gasteiger partial charge is 0.346 e. The number of hydrogen-bond acceptors (Lipinski definition) is 8. The normalized spacial score (nSPS) is 11.7. The topological polar surface area (TPSA) is 82.8 Å². The van der Waals surface area contributed by atoms with Crippen LogP contribution in [-0.4, -0.2) is 25.3 Å². The van der Waals surface area contributed by atoms with E-state index in [0.717, 1.165) is 62.7 Å². The van der Waals surface area contributed by atoms with Gasteiger partial charge in [-0.2, -0.15) is 5.26 Å². The van der Waals surface area contributed by atoms with Crippen molar-refractivity contribution in [1.29, 1.82) is 5.26 Å². The Hall–Kier alpha value is -4.88. The molecule has 0 radical (unpaired) electrons. The lowest BCUT2D eigenvalue weighted by molar-refractivity contribution is -0.132. The van der Waals surface area contributed by atoms with Gasteiger partial charge in [-0.05, 0) is 114 Å². The number of carboxylic acid groups (broad SMARTS) is 1. The molecule has 0 aliphatic rings. The lowest BCUT2D eigenvalue weighted by Gasteiger charge is -2.24. The molecule has 0 aliphatic heterocycles. The summed E-state index contributed by atoms with van der Waals surface area (Å²) in [6.07, 6.45) is 5.70. The van der Waals surface area contributed by atoms with Gasteiger partial charge in [0.15, 0.2) is 0 Å². The molecule has 0 bridgehead atoms. The molecule has 3 heterocycles. The van der Waals surface area contributed by atoms with E-state index in [1.807, 2.05) is 54.6 Å². The molecule has 9 heteroatoms. The largest absolute Gasteiger partial charge is 0.497 e. The first-order chi connectivity index (χ1) is 20.9. The third-order valence-corrected chi connectivity index (χ3v) is 9.88. The highest BCUT2D eigenvalue weighted by molar-refractivity contribution is 7.21. The molecule has 212 valence electrons. The van der Waals surface area contributed by atoms with E-state index < -0.39 is 5.97 Å². The zero-order chi connectivity index (χ0) is 29.9. The Kier molecular flexibility index (Phi) is 7.99. The molecule has 0 unspecified atom stereocenters. The van der Waals surface area contributed by atoms with Crippen LogP contribution in [0.25, 0.3) is 38.4 Å². The number of thiophene rings is 3. The van der Waals surface area contributed by atoms with Crippen LogP contribution in [0.2, 0.25) is 0 Å². The summed E-state index contributed by atoms with van der Waals surface area (Å²) in [5.74, 6) is 0.393. The van der Waals surface area contributed by atoms with Gasteiger partial charge < -0.3 is 19.5 Å². The van der Waals surface area contributed by atoms with Crippen molar-refractivity contribution in [2.45, 2.75) is 0 Å². The summed E-state index contributed by atoms with van der Waals surface area (Å²) in [7, 11) is 3.33. The molecule has 0 atom stereocenters. The van der Waals surface area contributed by atoms with Crippen molar-refractivity contribution in [3.05, 3.63) is 105 Å². The number of anilines is 3. The summed E-state index contributed by atoms with van der Waals surface area (Å²) in [5, 5.41) is 21.5. The van der Waals surface area contributed by atoms with Crippen LogP contribution >= 0.6 is 34.0 Å². The van der Waals surface area contributed by atoms with Gasteiger partial charge in [-0.1, -0.05) is 0 Å². The molecule has 0 amide bonds. The van der Waals surface area contributed by atoms with Gasteiger partial charge in [-0.3, -0.25) is 0 Å². The number of ether oxygens (including phenoxy) is 2. The second-order valence-electron chi connectivity index (χ2n) is 9.44. The minimum Gasteiger partial charge on any atom is -0.497 e. The highest BCUT2D eigenvalue weighted by Crippen LogP contribution is 2.41. The fourth-order valence-corrected chi connectivity index (χ4v) is 7.62. The molecule has 6 rings (SSSR count). The number of aliphatic carboxylic acids is 1. The van der Waals surface area contributed by atoms with Crippen molar-refractivity contribution in [3.63, 3.8) is 0 Å². The van der Waals surface area contributed by atoms with E-state index in [1.165, 1.54) is 17.4 Å². The van der Waals surface area contributed by atoms with E-state index >= 15 is 0 Å². The number of carbonyl (C=O) groups is 1. The van der Waals surface area contributed by atoms with Crippen molar-refractivity contribution in [3.8, 4) is 17.6 Å². The average Bonchev–Trinajstić information content (AvgIpc) is 3.76. The SMILES string of the molecule is COc1ccc(N(c2ccc(OC)cc2)c2ccc(/C=C/c3cc4cc5sc(/C=C(/C#N)C(=O)O)cc5cc4s3)s2)cc1. The molecule has 0 fully saturated rings. The summed E-state index contributed by atoms with van der Waals surface area (Å²) in [5.41, 5.74) is 1.78. The van der Waals surface area contributed by atoms with Crippen LogP contribution in [0, 0.1) is 11.3 Å². The Balaban J connectivity index is 1.27. The van der Waals surface area contributed by atoms with Gasteiger partial charge in [0.05, 0.1) is 14.2 Å². The zero-order valence-electron chi connectivity index (χ0n) is 23.1. The number of nitriles is 1. The van der Waals surface area contributed by atoms with E-state index in [2.05, 4.69) is 47.4 Å². The minimum absolute atomic E-state index is 0.270. The van der Waals surface area contributed by atoms with Gasteiger partial charge in [0.1, 0.15) is 28.1 Å². The number of rotatable bonds is 9. The summed E-state index contributed by atoms with van der Waals surface area (Å²) in [6.45, 7) is 0. The molecule has 0 saturated heterocycles. The van der Waals surface area contributed by atoms with Crippen LogP contribution in [0.15, 0.2) is 90.5 Å². The molecule has 6 aromatic rings. The molecule has 3 aromatic heterocycles. The molecule has 43 heavy (non-hydrogen) atoms. The predicted molar refractivity (Wildman–Crippen MR) is 179 cm³/mol. The first-order valence-corrected chi connectivity index (χ1v) is 15.6. The van der Waals surface area contributed by atoms with Gasteiger partial charge in [0, 0.05) is 35.4 Å². The Morgan fingerprint density at radius 1 is 0.744 bits per heavy atom. The average molecular weight is 621 g/mol. The highest BCUT2D eigenvalue weighted by Gasteiger charge is 2.15. The first-order valence-electron chi connectivity index (χ1n) is 13.1. The van der Waals surface area contributed by atoms with E-state index in [9.17, 15) is 4.79 Å². The summed E-state index contributed by atoms with van der Waals surface area (Å²) >= 11 is 4.88. The summed E-state index contributed by atoms with van der Waals surface area (Å²) < 4.78 is 12.9. The Morgan fingerprint density at radius 3 is 1.81 bits per heavy atom. The standard InChI is InChI=1S/C34H24N2O4S3/c1-39-26-7-3-24(4-8-26)36(25-5-9-27(40-2)10-6-25)33-14-13-28(43-33)11-12-29-15-21-18-32-22(19-31(21)41-29)16-30(42-32)17-23(20-35)34(37)38/h3-19H,1-2H3,(H,37,38)/b12-11+,23-17-. The second-order valence-corrected chi connectivity index (χ2v) is 12.8. The van der Waals surface area contributed by atoms with Crippen molar-refractivity contribution < 1.29 is 19.4 Å². The second kappa shape index (κ2) is 12.2. The predicted octanol–water partition coefficient (Wildman–Crippen LogP) is 9.83. The van der Waals surface area contributed by atoms with Crippen molar-refractivity contribution in [2.24, 2.45) is 0 Å². The van der Waals surface area contributed by atoms with Crippen LogP contribution < -0.4 is 14.4 Å². The highest BCUT2D eigenvalue weighted by atomic mass is 32.1. The minimum atomic E-state index is -1.22. The van der Waals surface area contributed by atoms with E-state index in [-0.39, 0.29) is 5.57 Å². The van der Waals surface area contributed by atoms with Gasteiger partial charge >= 0.3 is 5.97 Å². The quantitative estimate of drug-likeness (QED) is 0.128. The van der Waals surface area contributed by atoms with Crippen LogP contribution in [0.5, 0.6) is 11.5 Å². The molecular weight excluding hydrogens is 597 g/mol. The third-order valence-electron chi connectivity index (χ3n) is 6.74. The monoisotopic (exact) mass is 620 g/mol. The maximum Gasteiger partial charge on any atom is 0.346 e. The molecular formula is C34H24N2O4S3. The Bertz CT molecular complexity index is 1940. The fraction of sp³-hybridized carbons (Fsp3) is 0.0588. The lowest BCUT2D eigenvalue weighted by Crippen LogP contribution is -2.08. The Morgan fingerprint density at radius 2 is 1.28 bits per heavy atom. The van der Waals surface area contributed by atoms with Crippen LogP contribution in [0.4, 0.5) is 16.4 Å². The van der Waals surface area contributed by atoms with E-state index in [1.54, 1.807) is 43.0 Å². The zero-order valence-corrected chi connectivity index (χ0v) is 25.6. The molecule has 1 N–H and O–H groups in total. The van der Waals surface area contributed by atoms with Gasteiger partial charge in [-0.25, -0.2) is 4.79 Å². The van der Waals surface area contributed by atoms with Crippen molar-refractivity contribution >= 4 is 94.8 Å². The maximum absolute atomic E-state index is 11.2. The maximum atomic E-state index is 11.2. The van der Waals surface area contributed by atoms with Crippen LogP contribution in [0.3, 0.4) is 0 Å². The number of benzene rings is 3. The third kappa shape index (κ3) is 6.03. The molecule has 0 saturated carbocycles. The molecule has 0 aliphatic carbocycles. The Labute approximate surface area is 260 Å². The number of fused-ring (bicyclic) bond motifs is 2. The van der Waals surface area contributed by atoms with Crippen LogP contribution in [-0.2, 0) is 4.79 Å². The molecule has 0 spiro atoms. The number of carboxylic acids is 1. The van der Waals surface area contributed by atoms with E-state index in [0.29, 0.717) is 0 Å². The first kappa shape index (κ1) is 28.2. The van der Waals surface area contributed by atoms with Gasteiger partial charge in [0.2, 0.25) is 0 Å². The number of nitrogens with zero attached hydrogens (tertiary/aromatic N) is 2. The van der Waals surface area contributed by atoms with Crippen LogP contribution in [0.1, 0.15) is 14.6 Å². The summed E-state index contributed by atoms with van der Waals surface area (Å²) in [6, 6.07) is 30.4. The van der Waals surface area contributed by atoms with Gasteiger partial charge in [-0.15, -0.1) is 34.0 Å². The van der Waals surface area contributed by atoms with Crippen molar-refractivity contribution in [1.82, 2.24) is 0 Å². The van der Waals surface area contributed by atoms with E-state index in [4.69, 9.17) is 19.8 Å². The fourth-order valence-electron chi connectivity index (χ4n) is 4.63. The number of methoxy groups -OCH3 is 2. The molecule has 3 aromatic carbocycles. The van der Waals surface area contributed by atoms with Gasteiger partial charge in [0.25, 0.3) is 0 Å².